The third-order valence-corrected chi connectivity index (χ3v) is 4.49. The van der Waals surface area contributed by atoms with E-state index in [1.165, 1.54) is 0 Å². The number of aliphatic carboxylic acids is 1. The van der Waals surface area contributed by atoms with Gasteiger partial charge in [0, 0.05) is 6.54 Å². The Labute approximate surface area is 109 Å². The third kappa shape index (κ3) is 3.04. The van der Waals surface area contributed by atoms with Gasteiger partial charge < -0.3 is 14.7 Å². The van der Waals surface area contributed by atoms with Crippen LogP contribution in [0, 0.1) is 5.41 Å². The molecule has 2 aliphatic heterocycles. The fourth-order valence-electron chi connectivity index (χ4n) is 2.94. The minimum absolute atomic E-state index is 0.0238. The third-order valence-electron chi connectivity index (χ3n) is 4.49. The maximum atomic E-state index is 11.2. The van der Waals surface area contributed by atoms with Gasteiger partial charge in [-0.2, -0.15) is 0 Å². The number of piperidine rings is 1. The molecule has 1 atom stereocenters. The Bertz CT molecular complexity index is 319. The van der Waals surface area contributed by atoms with Gasteiger partial charge in [-0.3, -0.25) is 4.79 Å². The van der Waals surface area contributed by atoms with Crippen molar-refractivity contribution >= 4 is 5.97 Å². The van der Waals surface area contributed by atoms with Crippen molar-refractivity contribution in [2.24, 2.45) is 5.41 Å². The predicted molar refractivity (Wildman–Crippen MR) is 69.6 cm³/mol. The van der Waals surface area contributed by atoms with E-state index in [0.29, 0.717) is 6.10 Å². The summed E-state index contributed by atoms with van der Waals surface area (Å²) in [5.41, 5.74) is -0.498. The number of ether oxygens (including phenoxy) is 1. The standard InChI is InChI=1S/C14H25NO3/c1-13(2)5-4-11(18-13)10-15-8-6-14(3,7-9-15)12(16)17/h11H,4-10H2,1-3H3,(H,16,17). The molecule has 0 aromatic carbocycles. The number of likely N-dealkylation sites (tertiary alicyclic amines) is 1. The number of nitrogens with zero attached hydrogens (tertiary/aromatic N) is 1. The number of hydrogen-bond acceptors (Lipinski definition) is 3. The average Bonchev–Trinajstić information content (AvgIpc) is 2.61. The van der Waals surface area contributed by atoms with Crippen molar-refractivity contribution in [1.82, 2.24) is 4.90 Å². The van der Waals surface area contributed by atoms with E-state index in [-0.39, 0.29) is 5.60 Å². The van der Waals surface area contributed by atoms with E-state index < -0.39 is 11.4 Å². The van der Waals surface area contributed by atoms with Gasteiger partial charge in [0.25, 0.3) is 0 Å². The van der Waals surface area contributed by atoms with E-state index in [1.807, 2.05) is 6.92 Å². The quantitative estimate of drug-likeness (QED) is 0.839. The normalized spacial score (nSPS) is 31.4. The van der Waals surface area contributed by atoms with Crippen LogP contribution < -0.4 is 0 Å². The lowest BCUT2D eigenvalue weighted by atomic mass is 9.80. The molecule has 2 aliphatic rings. The van der Waals surface area contributed by atoms with E-state index in [9.17, 15) is 9.90 Å². The van der Waals surface area contributed by atoms with E-state index in [0.717, 1.165) is 45.3 Å². The summed E-state index contributed by atoms with van der Waals surface area (Å²) in [6.07, 6.45) is 4.07. The van der Waals surface area contributed by atoms with Gasteiger partial charge in [0.15, 0.2) is 0 Å². The molecular weight excluding hydrogens is 230 g/mol. The van der Waals surface area contributed by atoms with Crippen LogP contribution in [-0.2, 0) is 9.53 Å². The van der Waals surface area contributed by atoms with Crippen molar-refractivity contribution < 1.29 is 14.6 Å². The molecule has 2 saturated heterocycles. The summed E-state index contributed by atoms with van der Waals surface area (Å²) in [6.45, 7) is 8.86. The molecule has 0 amide bonds. The van der Waals surface area contributed by atoms with Gasteiger partial charge >= 0.3 is 5.97 Å². The second-order valence-electron chi connectivity index (χ2n) is 6.70. The highest BCUT2D eigenvalue weighted by Gasteiger charge is 2.38. The number of hydrogen-bond donors (Lipinski definition) is 1. The van der Waals surface area contributed by atoms with E-state index >= 15 is 0 Å². The van der Waals surface area contributed by atoms with Crippen LogP contribution in [-0.4, -0.2) is 47.3 Å². The average molecular weight is 255 g/mol. The monoisotopic (exact) mass is 255 g/mol. The lowest BCUT2D eigenvalue weighted by Gasteiger charge is -2.37. The molecule has 104 valence electrons. The highest BCUT2D eigenvalue weighted by atomic mass is 16.5. The summed E-state index contributed by atoms with van der Waals surface area (Å²) in [5.74, 6) is -0.652. The summed E-state index contributed by atoms with van der Waals surface area (Å²) in [5, 5.41) is 9.19. The largest absolute Gasteiger partial charge is 0.481 e. The molecule has 2 rings (SSSR count). The van der Waals surface area contributed by atoms with Crippen molar-refractivity contribution in [2.75, 3.05) is 19.6 Å². The van der Waals surface area contributed by atoms with Crippen LogP contribution in [0.15, 0.2) is 0 Å². The van der Waals surface area contributed by atoms with Gasteiger partial charge in [-0.1, -0.05) is 0 Å². The lowest BCUT2D eigenvalue weighted by molar-refractivity contribution is -0.151. The first-order chi connectivity index (χ1) is 8.31. The van der Waals surface area contributed by atoms with Crippen molar-refractivity contribution in [3.63, 3.8) is 0 Å². The predicted octanol–water partition coefficient (Wildman–Crippen LogP) is 2.13. The van der Waals surface area contributed by atoms with Crippen molar-refractivity contribution in [3.8, 4) is 0 Å². The highest BCUT2D eigenvalue weighted by Crippen LogP contribution is 2.33. The zero-order chi connectivity index (χ0) is 13.4. The van der Waals surface area contributed by atoms with Gasteiger partial charge in [-0.15, -0.1) is 0 Å². The summed E-state index contributed by atoms with van der Waals surface area (Å²) in [7, 11) is 0. The molecule has 4 nitrogen and oxygen atoms in total. The summed E-state index contributed by atoms with van der Waals surface area (Å²) < 4.78 is 5.99. The van der Waals surface area contributed by atoms with Gasteiger partial charge in [0.05, 0.1) is 17.1 Å². The second kappa shape index (κ2) is 4.82. The van der Waals surface area contributed by atoms with Gasteiger partial charge in [-0.25, -0.2) is 0 Å². The second-order valence-corrected chi connectivity index (χ2v) is 6.70. The van der Waals surface area contributed by atoms with Gasteiger partial charge in [0.2, 0.25) is 0 Å². The SMILES string of the molecule is CC1(C)CCC(CN2CCC(C)(C(=O)O)CC2)O1. The Morgan fingerprint density at radius 1 is 1.28 bits per heavy atom. The zero-order valence-corrected chi connectivity index (χ0v) is 11.7. The van der Waals surface area contributed by atoms with Crippen LogP contribution in [0.1, 0.15) is 46.5 Å². The molecule has 0 bridgehead atoms. The van der Waals surface area contributed by atoms with E-state index in [1.54, 1.807) is 0 Å². The maximum absolute atomic E-state index is 11.2. The van der Waals surface area contributed by atoms with Crippen molar-refractivity contribution in [2.45, 2.75) is 58.2 Å². The Morgan fingerprint density at radius 3 is 2.33 bits per heavy atom. The molecular formula is C14H25NO3. The Hall–Kier alpha value is -0.610. The Morgan fingerprint density at radius 2 is 1.89 bits per heavy atom. The Kier molecular flexibility index (Phi) is 3.70. The maximum Gasteiger partial charge on any atom is 0.309 e. The minimum Gasteiger partial charge on any atom is -0.481 e. The molecule has 2 heterocycles. The molecule has 2 fully saturated rings. The first-order valence-corrected chi connectivity index (χ1v) is 6.94. The van der Waals surface area contributed by atoms with Gasteiger partial charge in [-0.05, 0) is 59.5 Å². The molecule has 0 aromatic heterocycles. The fourth-order valence-corrected chi connectivity index (χ4v) is 2.94. The molecule has 0 radical (unpaired) electrons. The summed E-state index contributed by atoms with van der Waals surface area (Å²) >= 11 is 0. The number of rotatable bonds is 3. The van der Waals surface area contributed by atoms with E-state index in [4.69, 9.17) is 4.74 Å². The molecule has 1 unspecified atom stereocenters. The zero-order valence-electron chi connectivity index (χ0n) is 11.7. The lowest BCUT2D eigenvalue weighted by Crippen LogP contribution is -2.45. The summed E-state index contributed by atoms with van der Waals surface area (Å²) in [4.78, 5) is 13.5. The molecule has 0 aromatic rings. The topological polar surface area (TPSA) is 49.8 Å². The smallest absolute Gasteiger partial charge is 0.309 e. The first kappa shape index (κ1) is 13.8. The molecule has 0 spiro atoms. The molecule has 1 N–H and O–H groups in total. The van der Waals surface area contributed by atoms with Crippen LogP contribution in [0.25, 0.3) is 0 Å². The molecule has 4 heteroatoms. The fraction of sp³-hybridized carbons (Fsp3) is 0.929. The highest BCUT2D eigenvalue weighted by molar-refractivity contribution is 5.74. The molecule has 0 aliphatic carbocycles. The Balaban J connectivity index is 1.79. The minimum atomic E-state index is -0.652. The number of carboxylic acids is 1. The van der Waals surface area contributed by atoms with E-state index in [2.05, 4.69) is 18.7 Å². The number of carbonyl (C=O) groups is 1. The number of carboxylic acid groups (broad SMARTS) is 1. The molecule has 0 saturated carbocycles. The molecule has 18 heavy (non-hydrogen) atoms. The van der Waals surface area contributed by atoms with Crippen LogP contribution in [0.4, 0.5) is 0 Å². The van der Waals surface area contributed by atoms with Crippen molar-refractivity contribution in [1.29, 1.82) is 0 Å². The van der Waals surface area contributed by atoms with Crippen LogP contribution in [0.2, 0.25) is 0 Å². The van der Waals surface area contributed by atoms with Crippen LogP contribution in [0.5, 0.6) is 0 Å². The van der Waals surface area contributed by atoms with Crippen molar-refractivity contribution in [3.05, 3.63) is 0 Å². The first-order valence-electron chi connectivity index (χ1n) is 6.94. The van der Waals surface area contributed by atoms with Crippen LogP contribution in [0.3, 0.4) is 0 Å². The summed E-state index contributed by atoms with van der Waals surface area (Å²) in [6, 6.07) is 0. The van der Waals surface area contributed by atoms with Crippen LogP contribution >= 0.6 is 0 Å². The van der Waals surface area contributed by atoms with Gasteiger partial charge in [0.1, 0.15) is 0 Å².